The molecule has 0 N–H and O–H groups in total. The van der Waals surface area contributed by atoms with Crippen molar-refractivity contribution in [3.05, 3.63) is 137 Å². The van der Waals surface area contributed by atoms with Crippen LogP contribution in [0.2, 0.25) is 0 Å². The van der Waals surface area contributed by atoms with Crippen LogP contribution in [0.25, 0.3) is 66.1 Å². The van der Waals surface area contributed by atoms with Crippen molar-refractivity contribution in [3.63, 3.8) is 0 Å². The third-order valence-corrected chi connectivity index (χ3v) is 12.3. The zero-order chi connectivity index (χ0) is 30.9. The summed E-state index contributed by atoms with van der Waals surface area (Å²) in [5.41, 5.74) is 22.7. The second-order valence-corrected chi connectivity index (χ2v) is 15.3. The molecule has 0 amide bonds. The van der Waals surface area contributed by atoms with E-state index < -0.39 is 0 Å². The van der Waals surface area contributed by atoms with E-state index >= 15 is 0 Å². The highest BCUT2D eigenvalue weighted by molar-refractivity contribution is 7.01. The molecule has 0 saturated heterocycles. The summed E-state index contributed by atoms with van der Waals surface area (Å²) in [7, 11) is 0. The predicted molar refractivity (Wildman–Crippen MR) is 197 cm³/mol. The Morgan fingerprint density at radius 2 is 0.891 bits per heavy atom. The standard InChI is InChI=1S/C45H33B/c1-24-20-31-29-22-35-39(25-12-6-8-16-33(25)44(35,2)3)27-14-10-18-37(41(27)29)46-38-19-11-15-28-40-26-13-7-9-17-34(26)45(4,5)36(40)23-30(42(28)38)32(21-24)43(31)46/h6-23H,1-5H3. The monoisotopic (exact) mass is 584 g/mol. The number of benzene rings is 7. The van der Waals surface area contributed by atoms with Gasteiger partial charge in [0.05, 0.1) is 0 Å². The Bertz CT molecular complexity index is 2420. The van der Waals surface area contributed by atoms with Crippen LogP contribution in [0.3, 0.4) is 0 Å². The van der Waals surface area contributed by atoms with Gasteiger partial charge in [0.25, 0.3) is 0 Å². The molecule has 2 aliphatic heterocycles. The van der Waals surface area contributed by atoms with Gasteiger partial charge < -0.3 is 0 Å². The molecule has 0 fully saturated rings. The van der Waals surface area contributed by atoms with E-state index in [0.717, 1.165) is 0 Å². The van der Waals surface area contributed by atoms with Gasteiger partial charge >= 0.3 is 0 Å². The summed E-state index contributed by atoms with van der Waals surface area (Å²) in [6.45, 7) is 12.1. The normalized spacial score (nSPS) is 16.2. The zero-order valence-electron chi connectivity index (χ0n) is 27.0. The summed E-state index contributed by atoms with van der Waals surface area (Å²) >= 11 is 0. The molecule has 0 saturated carbocycles. The highest BCUT2D eigenvalue weighted by atomic mass is 14.4. The summed E-state index contributed by atoms with van der Waals surface area (Å²) in [6.07, 6.45) is 0. The number of rotatable bonds is 0. The van der Waals surface area contributed by atoms with Gasteiger partial charge in [-0.2, -0.15) is 0 Å². The average molecular weight is 585 g/mol. The van der Waals surface area contributed by atoms with Crippen molar-refractivity contribution in [2.24, 2.45) is 0 Å². The fraction of sp³-hybridized carbons (Fsp3) is 0.156. The lowest BCUT2D eigenvalue weighted by molar-refractivity contribution is 0.661. The summed E-state index contributed by atoms with van der Waals surface area (Å²) in [6, 6.07) is 42.6. The maximum atomic E-state index is 2.57. The van der Waals surface area contributed by atoms with Gasteiger partial charge in [0.2, 0.25) is 6.71 Å². The molecule has 7 aromatic rings. The van der Waals surface area contributed by atoms with Crippen molar-refractivity contribution in [2.75, 3.05) is 0 Å². The van der Waals surface area contributed by atoms with Gasteiger partial charge in [-0.25, -0.2) is 0 Å². The van der Waals surface area contributed by atoms with Crippen LogP contribution in [0.15, 0.2) is 109 Å². The van der Waals surface area contributed by atoms with Crippen LogP contribution in [0.5, 0.6) is 0 Å². The van der Waals surface area contributed by atoms with Crippen molar-refractivity contribution in [2.45, 2.75) is 45.4 Å². The van der Waals surface area contributed by atoms with Gasteiger partial charge in [-0.15, -0.1) is 0 Å². The molecule has 0 bridgehead atoms. The molecular weight excluding hydrogens is 551 g/mol. The number of fused-ring (bicyclic) bond motifs is 12. The molecule has 0 nitrogen and oxygen atoms in total. The molecule has 0 unspecified atom stereocenters. The van der Waals surface area contributed by atoms with Crippen molar-refractivity contribution < 1.29 is 0 Å². The van der Waals surface area contributed by atoms with Gasteiger partial charge in [0.15, 0.2) is 0 Å². The first kappa shape index (κ1) is 25.3. The first-order chi connectivity index (χ1) is 22.3. The molecule has 0 spiro atoms. The minimum atomic E-state index is -0.0489. The van der Waals surface area contributed by atoms with Crippen molar-refractivity contribution in [1.29, 1.82) is 0 Å². The molecule has 0 aromatic heterocycles. The van der Waals surface area contributed by atoms with E-state index in [0.29, 0.717) is 0 Å². The Morgan fingerprint density at radius 3 is 1.37 bits per heavy atom. The first-order valence-corrected chi connectivity index (χ1v) is 16.8. The van der Waals surface area contributed by atoms with Gasteiger partial charge in [-0.05, 0) is 113 Å². The van der Waals surface area contributed by atoms with E-state index in [2.05, 4.69) is 144 Å². The van der Waals surface area contributed by atoms with Crippen LogP contribution in [0, 0.1) is 6.92 Å². The highest BCUT2D eigenvalue weighted by Crippen LogP contribution is 2.56. The summed E-state index contributed by atoms with van der Waals surface area (Å²) < 4.78 is 0. The maximum absolute atomic E-state index is 2.57. The van der Waals surface area contributed by atoms with E-state index in [1.54, 1.807) is 0 Å². The SMILES string of the molecule is Cc1cc2c3c(c1)-c1cc4c(c5cccc(c15)B3c1cccc3c5c(cc-2c13)C(C)(C)c1ccccc1-5)-c1ccccc1C4(C)C. The van der Waals surface area contributed by atoms with Crippen LogP contribution >= 0.6 is 0 Å². The Kier molecular flexibility index (Phi) is 4.36. The van der Waals surface area contributed by atoms with Crippen molar-refractivity contribution in [1.82, 2.24) is 0 Å². The second kappa shape index (κ2) is 7.91. The zero-order valence-corrected chi connectivity index (χ0v) is 27.0. The lowest BCUT2D eigenvalue weighted by Crippen LogP contribution is -2.57. The predicted octanol–water partition coefficient (Wildman–Crippen LogP) is 9.39. The Balaban J connectivity index is 1.31. The molecule has 0 radical (unpaired) electrons. The molecule has 46 heavy (non-hydrogen) atoms. The van der Waals surface area contributed by atoms with Crippen molar-refractivity contribution >= 4 is 44.6 Å². The first-order valence-electron chi connectivity index (χ1n) is 16.8. The van der Waals surface area contributed by atoms with Gasteiger partial charge in [0.1, 0.15) is 0 Å². The molecule has 1 heteroatoms. The number of aryl methyl sites for hydroxylation is 1. The molecule has 0 atom stereocenters. The number of hydrogen-bond acceptors (Lipinski definition) is 0. The Hall–Kier alpha value is -4.88. The van der Waals surface area contributed by atoms with Gasteiger partial charge in [-0.1, -0.05) is 141 Å². The van der Waals surface area contributed by atoms with Crippen LogP contribution < -0.4 is 16.4 Å². The molecule has 11 rings (SSSR count). The quantitative estimate of drug-likeness (QED) is 0.156. The van der Waals surface area contributed by atoms with E-state index in [9.17, 15) is 0 Å². The van der Waals surface area contributed by atoms with E-state index in [-0.39, 0.29) is 17.5 Å². The lowest BCUT2D eigenvalue weighted by atomic mass is 9.31. The Morgan fingerprint density at radius 1 is 0.435 bits per heavy atom. The molecule has 216 valence electrons. The fourth-order valence-electron chi connectivity index (χ4n) is 10.3. The smallest absolute Gasteiger partial charge is 0.0663 e. The van der Waals surface area contributed by atoms with Crippen LogP contribution in [-0.4, -0.2) is 6.71 Å². The molecule has 4 aliphatic rings. The molecule has 7 aromatic carbocycles. The molecular formula is C45H33B. The minimum Gasteiger partial charge on any atom is -0.0663 e. The fourth-order valence-corrected chi connectivity index (χ4v) is 10.3. The molecule has 2 aliphatic carbocycles. The van der Waals surface area contributed by atoms with E-state index in [1.165, 1.54) is 110 Å². The van der Waals surface area contributed by atoms with Crippen LogP contribution in [0.1, 0.15) is 55.5 Å². The summed E-state index contributed by atoms with van der Waals surface area (Å²) in [5.74, 6) is 0. The second-order valence-electron chi connectivity index (χ2n) is 15.3. The summed E-state index contributed by atoms with van der Waals surface area (Å²) in [4.78, 5) is 0. The largest absolute Gasteiger partial charge is 0.244 e. The van der Waals surface area contributed by atoms with E-state index in [1.807, 2.05) is 0 Å². The lowest BCUT2D eigenvalue weighted by Gasteiger charge is -2.36. The maximum Gasteiger partial charge on any atom is 0.244 e. The highest BCUT2D eigenvalue weighted by Gasteiger charge is 2.44. The van der Waals surface area contributed by atoms with Gasteiger partial charge in [-0.3, -0.25) is 0 Å². The van der Waals surface area contributed by atoms with Crippen LogP contribution in [0.4, 0.5) is 0 Å². The number of hydrogen-bond donors (Lipinski definition) is 0. The van der Waals surface area contributed by atoms with Crippen molar-refractivity contribution in [3.8, 4) is 44.5 Å². The topological polar surface area (TPSA) is 0 Å². The van der Waals surface area contributed by atoms with E-state index in [4.69, 9.17) is 0 Å². The third kappa shape index (κ3) is 2.70. The van der Waals surface area contributed by atoms with Crippen LogP contribution in [-0.2, 0) is 10.8 Å². The van der Waals surface area contributed by atoms with Gasteiger partial charge in [0, 0.05) is 10.8 Å². The third-order valence-electron chi connectivity index (χ3n) is 12.3. The average Bonchev–Trinajstić information content (AvgIpc) is 3.44. The molecule has 2 heterocycles. The Labute approximate surface area is 270 Å². The summed E-state index contributed by atoms with van der Waals surface area (Å²) in [5, 5.41) is 5.69. The minimum absolute atomic E-state index is 0.0489.